The summed E-state index contributed by atoms with van der Waals surface area (Å²) in [6.45, 7) is 17.3. The van der Waals surface area contributed by atoms with Gasteiger partial charge in [-0.3, -0.25) is 0 Å². The van der Waals surface area contributed by atoms with Crippen molar-refractivity contribution < 1.29 is 0 Å². The number of nitrogens with zero attached hydrogens (tertiary/aromatic N) is 3. The molecule has 5 heteroatoms. The van der Waals surface area contributed by atoms with Crippen LogP contribution < -0.4 is 31.7 Å². The van der Waals surface area contributed by atoms with Gasteiger partial charge in [-0.2, -0.15) is 0 Å². The summed E-state index contributed by atoms with van der Waals surface area (Å²) in [6, 6.07) is 80.1. The highest BCUT2D eigenvalue weighted by atomic mass is 28.3. The number of hydrogen-bond donors (Lipinski definition) is 0. The molecule has 0 radical (unpaired) electrons. The summed E-state index contributed by atoms with van der Waals surface area (Å²) in [5.74, 6) is 0. The van der Waals surface area contributed by atoms with Gasteiger partial charge in [-0.05, 0) is 100 Å². The van der Waals surface area contributed by atoms with Crippen molar-refractivity contribution in [3.8, 4) is 33.6 Å². The fourth-order valence-corrected chi connectivity index (χ4v) is 17.2. The zero-order valence-corrected chi connectivity index (χ0v) is 43.6. The molecule has 2 aliphatic heterocycles. The first kappa shape index (κ1) is 43.7. The van der Waals surface area contributed by atoms with Gasteiger partial charge in [0.05, 0.1) is 33.4 Å². The van der Waals surface area contributed by atoms with Crippen molar-refractivity contribution in [2.45, 2.75) is 53.1 Å². The average molecular weight is 954 g/mol. The van der Waals surface area contributed by atoms with Crippen molar-refractivity contribution in [1.82, 2.24) is 9.13 Å². The van der Waals surface area contributed by atoms with Crippen molar-refractivity contribution in [2.75, 3.05) is 4.90 Å². The molecule has 4 heterocycles. The summed E-state index contributed by atoms with van der Waals surface area (Å²) in [5.41, 5.74) is 24.1. The van der Waals surface area contributed by atoms with Crippen molar-refractivity contribution >= 4 is 102 Å². The largest absolute Gasteiger partial charge is 0.310 e. The van der Waals surface area contributed by atoms with Gasteiger partial charge in [0.15, 0.2) is 0 Å². The molecule has 14 rings (SSSR count). The van der Waals surface area contributed by atoms with Gasteiger partial charge < -0.3 is 14.0 Å². The lowest BCUT2D eigenvalue weighted by molar-refractivity contribution is 0.591. The molecule has 0 fully saturated rings. The Balaban J connectivity index is 1.14. The van der Waals surface area contributed by atoms with E-state index in [2.05, 4.69) is 274 Å². The minimum Gasteiger partial charge on any atom is -0.310 e. The van der Waals surface area contributed by atoms with Crippen LogP contribution in [0.3, 0.4) is 0 Å². The van der Waals surface area contributed by atoms with Gasteiger partial charge in [-0.1, -0.05) is 220 Å². The number of benzene rings is 10. The molecule has 0 bridgehead atoms. The Bertz CT molecular complexity index is 4080. The van der Waals surface area contributed by atoms with E-state index in [9.17, 15) is 0 Å². The molecule has 2 aromatic heterocycles. The maximum Gasteiger partial charge on any atom is 0.246 e. The third-order valence-corrected chi connectivity index (χ3v) is 20.3. The molecule has 0 atom stereocenters. The number of rotatable bonds is 5. The van der Waals surface area contributed by atoms with Crippen molar-refractivity contribution in [3.05, 3.63) is 229 Å². The number of anilines is 3. The van der Waals surface area contributed by atoms with E-state index in [0.29, 0.717) is 0 Å². The van der Waals surface area contributed by atoms with Crippen molar-refractivity contribution in [2.24, 2.45) is 0 Å². The second-order valence-electron chi connectivity index (χ2n) is 22.1. The third-order valence-electron chi connectivity index (χ3n) is 16.7. The van der Waals surface area contributed by atoms with Crippen LogP contribution in [0.15, 0.2) is 212 Å². The van der Waals surface area contributed by atoms with Crippen LogP contribution in [0.2, 0.25) is 13.1 Å². The van der Waals surface area contributed by atoms with Gasteiger partial charge in [0, 0.05) is 49.7 Å². The highest BCUT2D eigenvalue weighted by molar-refractivity contribution is 7.15. The van der Waals surface area contributed by atoms with Crippen LogP contribution in [0.5, 0.6) is 0 Å². The van der Waals surface area contributed by atoms with Crippen LogP contribution in [0.1, 0.15) is 37.5 Å². The molecule has 0 saturated carbocycles. The first-order valence-electron chi connectivity index (χ1n) is 26.0. The van der Waals surface area contributed by atoms with E-state index in [1.165, 1.54) is 133 Å². The van der Waals surface area contributed by atoms with Gasteiger partial charge in [-0.25, -0.2) is 0 Å². The van der Waals surface area contributed by atoms with Crippen molar-refractivity contribution in [3.63, 3.8) is 0 Å². The summed E-state index contributed by atoms with van der Waals surface area (Å²) < 4.78 is 5.07. The van der Waals surface area contributed by atoms with Crippen LogP contribution in [0.4, 0.5) is 17.1 Å². The SMILES string of the molecule is Cc1c(-n2c3ccccc3c3ccccc32)ccc2c1N(c1c(-c3ccccc3)cccc1-c1ccccc1)c1cc(C(C)(C)C)cc3c1B2c1ccc(-n2c4ccccc4c4ccccc42)c(C)c1[Si]3(C)C. The van der Waals surface area contributed by atoms with Crippen LogP contribution in [0, 0.1) is 13.8 Å². The molecular weight excluding hydrogens is 898 g/mol. The third kappa shape index (κ3) is 6.25. The quantitative estimate of drug-likeness (QED) is 0.157. The molecule has 2 aliphatic rings. The van der Waals surface area contributed by atoms with E-state index < -0.39 is 8.07 Å². The first-order valence-corrected chi connectivity index (χ1v) is 29.0. The van der Waals surface area contributed by atoms with Crippen molar-refractivity contribution in [1.29, 1.82) is 0 Å². The maximum absolute atomic E-state index is 2.74. The Morgan fingerprint density at radius 2 is 0.849 bits per heavy atom. The van der Waals surface area contributed by atoms with Gasteiger partial charge in [0.25, 0.3) is 0 Å². The lowest BCUT2D eigenvalue weighted by Crippen LogP contribution is -2.78. The Morgan fingerprint density at radius 1 is 0.411 bits per heavy atom. The lowest BCUT2D eigenvalue weighted by atomic mass is 9.34. The van der Waals surface area contributed by atoms with Crippen LogP contribution >= 0.6 is 0 Å². The molecule has 0 spiro atoms. The minimum absolute atomic E-state index is 0.00153. The molecule has 0 saturated heterocycles. The van der Waals surface area contributed by atoms with E-state index in [1.54, 1.807) is 5.19 Å². The molecule has 350 valence electrons. The molecule has 0 N–H and O–H groups in total. The Labute approximate surface area is 429 Å². The first-order chi connectivity index (χ1) is 35.5. The van der Waals surface area contributed by atoms with Crippen LogP contribution in [0.25, 0.3) is 77.2 Å². The summed E-state index contributed by atoms with van der Waals surface area (Å²) >= 11 is 0. The lowest BCUT2D eigenvalue weighted by Gasteiger charge is -2.47. The second-order valence-corrected chi connectivity index (χ2v) is 26.4. The fraction of sp³-hybridized carbons (Fsp3) is 0.118. The zero-order valence-electron chi connectivity index (χ0n) is 42.6. The number of para-hydroxylation sites is 5. The maximum atomic E-state index is 2.74. The highest BCUT2D eigenvalue weighted by Crippen LogP contribution is 2.50. The van der Waals surface area contributed by atoms with Crippen LogP contribution in [-0.2, 0) is 5.41 Å². The number of fused-ring (bicyclic) bond motifs is 10. The summed E-state index contributed by atoms with van der Waals surface area (Å²) in [6.07, 6.45) is 0. The monoisotopic (exact) mass is 953 g/mol. The van der Waals surface area contributed by atoms with E-state index >= 15 is 0 Å². The molecule has 10 aromatic carbocycles. The summed E-state index contributed by atoms with van der Waals surface area (Å²) in [4.78, 5) is 2.74. The molecule has 12 aromatic rings. The molecule has 73 heavy (non-hydrogen) atoms. The second kappa shape index (κ2) is 15.9. The highest BCUT2D eigenvalue weighted by Gasteiger charge is 2.49. The summed E-state index contributed by atoms with van der Waals surface area (Å²) in [5, 5.41) is 8.20. The van der Waals surface area contributed by atoms with Gasteiger partial charge >= 0.3 is 0 Å². The predicted molar refractivity (Wildman–Crippen MR) is 317 cm³/mol. The standard InChI is InChI=1S/C68H56BN3Si/c1-43-56(70-58-33-18-14-27-50(58)51-28-15-19-34-59(51)70)39-37-54-65(43)72(66-48(45-23-10-8-11-24-45)31-22-32-49(66)46-25-12-9-13-26-46)62-41-47(68(3,4)5)42-63-64(62)69(54)55-38-40-57(44(2)67(55)73(63,6)7)71-60-35-20-16-29-52(60)53-30-17-21-36-61(53)71/h8-42H,1-7H3. The predicted octanol–water partition coefficient (Wildman–Crippen LogP) is 14.6. The normalized spacial score (nSPS) is 13.7. The molecular formula is C68H56BN3Si. The van der Waals surface area contributed by atoms with E-state index in [-0.39, 0.29) is 12.1 Å². The molecule has 0 amide bonds. The average Bonchev–Trinajstić information content (AvgIpc) is 3.93. The van der Waals surface area contributed by atoms with E-state index in [4.69, 9.17) is 0 Å². The molecule has 0 aliphatic carbocycles. The number of aromatic nitrogens is 2. The summed E-state index contributed by atoms with van der Waals surface area (Å²) in [7, 11) is -2.50. The minimum atomic E-state index is -2.50. The Hall–Kier alpha value is -8.12. The zero-order chi connectivity index (χ0) is 49.5. The van der Waals surface area contributed by atoms with Gasteiger partial charge in [0.1, 0.15) is 8.07 Å². The molecule has 0 unspecified atom stereocenters. The fourth-order valence-electron chi connectivity index (χ4n) is 13.4. The number of hydrogen-bond acceptors (Lipinski definition) is 1. The Kier molecular flexibility index (Phi) is 9.53. The molecule has 3 nitrogen and oxygen atoms in total. The Morgan fingerprint density at radius 3 is 1.33 bits per heavy atom. The van der Waals surface area contributed by atoms with Gasteiger partial charge in [-0.15, -0.1) is 0 Å². The van der Waals surface area contributed by atoms with E-state index in [0.717, 1.165) is 0 Å². The smallest absolute Gasteiger partial charge is 0.246 e. The van der Waals surface area contributed by atoms with Crippen LogP contribution in [-0.4, -0.2) is 23.9 Å². The van der Waals surface area contributed by atoms with Gasteiger partial charge in [0.2, 0.25) is 6.71 Å². The van der Waals surface area contributed by atoms with E-state index in [1.807, 2.05) is 0 Å². The topological polar surface area (TPSA) is 13.1 Å².